The molecule has 3 atom stereocenters. The largest absolute Gasteiger partial charge is 0.514 e. The normalized spacial score (nSPS) is 25.6. The minimum Gasteiger partial charge on any atom is -0.456 e. The summed E-state index contributed by atoms with van der Waals surface area (Å²) in [6, 6.07) is 0. The first-order chi connectivity index (χ1) is 10.2. The highest BCUT2D eigenvalue weighted by molar-refractivity contribution is 8.04. The van der Waals surface area contributed by atoms with E-state index in [9.17, 15) is 13.2 Å². The summed E-state index contributed by atoms with van der Waals surface area (Å²) in [7, 11) is -4.46. The van der Waals surface area contributed by atoms with Gasteiger partial charge in [-0.3, -0.25) is 4.18 Å². The lowest BCUT2D eigenvalue weighted by molar-refractivity contribution is -0.139. The summed E-state index contributed by atoms with van der Waals surface area (Å²) in [4.78, 5) is 14.1. The smallest absolute Gasteiger partial charge is 0.456 e. The van der Waals surface area contributed by atoms with Gasteiger partial charge in [0.05, 0.1) is 12.7 Å². The molecule has 1 aliphatic carbocycles. The molecule has 0 aromatic carbocycles. The second-order valence-electron chi connectivity index (χ2n) is 6.04. The van der Waals surface area contributed by atoms with Gasteiger partial charge in [0.2, 0.25) is 0 Å². The number of carbonyl (C=O) groups is 1. The summed E-state index contributed by atoms with van der Waals surface area (Å²) in [5.74, 6) is -0.541. The van der Waals surface area contributed by atoms with Crippen LogP contribution in [0.2, 0.25) is 0 Å². The summed E-state index contributed by atoms with van der Waals surface area (Å²) in [6.45, 7) is 7.55. The van der Waals surface area contributed by atoms with E-state index in [1.807, 2.05) is 20.8 Å². The predicted molar refractivity (Wildman–Crippen MR) is 80.4 cm³/mol. The van der Waals surface area contributed by atoms with Gasteiger partial charge in [-0.2, -0.15) is 8.42 Å². The van der Waals surface area contributed by atoms with Gasteiger partial charge in [-0.25, -0.2) is 4.79 Å². The standard InChI is InChI=1S/C14H24N2O5S/c1-5-20-14(17)13(16-15)22(18,19)21-12-8-10(4)6-7-11(12)9(2)3/h9-12H,5-8H2,1-4H3/t10-,11+,12-/m1/s1. The summed E-state index contributed by atoms with van der Waals surface area (Å²) in [5, 5.41) is -1.10. The van der Waals surface area contributed by atoms with Gasteiger partial charge in [-0.15, -0.1) is 4.79 Å². The van der Waals surface area contributed by atoms with Crippen molar-refractivity contribution in [3.05, 3.63) is 5.53 Å². The van der Waals surface area contributed by atoms with Crippen molar-refractivity contribution in [2.75, 3.05) is 6.61 Å². The summed E-state index contributed by atoms with van der Waals surface area (Å²) < 4.78 is 34.2. The Morgan fingerprint density at radius 3 is 2.50 bits per heavy atom. The fraction of sp³-hybridized carbons (Fsp3) is 0.857. The molecule has 8 heteroatoms. The molecule has 0 saturated heterocycles. The van der Waals surface area contributed by atoms with E-state index in [-0.39, 0.29) is 18.4 Å². The lowest BCUT2D eigenvalue weighted by Gasteiger charge is -2.35. The Morgan fingerprint density at radius 1 is 1.36 bits per heavy atom. The van der Waals surface area contributed by atoms with Crippen LogP contribution in [-0.2, 0) is 23.8 Å². The fourth-order valence-corrected chi connectivity index (χ4v) is 3.82. The van der Waals surface area contributed by atoms with Crippen molar-refractivity contribution in [3.63, 3.8) is 0 Å². The zero-order valence-electron chi connectivity index (χ0n) is 13.5. The molecule has 1 rings (SSSR count). The molecular weight excluding hydrogens is 308 g/mol. The number of rotatable bonds is 4. The van der Waals surface area contributed by atoms with E-state index in [1.165, 1.54) is 6.92 Å². The molecule has 0 amide bonds. The van der Waals surface area contributed by atoms with Crippen molar-refractivity contribution in [1.29, 1.82) is 0 Å². The monoisotopic (exact) mass is 332 g/mol. The molecule has 0 aromatic heterocycles. The molecule has 126 valence electrons. The molecule has 0 unspecified atom stereocenters. The maximum Gasteiger partial charge on any atom is 0.514 e. The quantitative estimate of drug-likeness (QED) is 0.195. The molecule has 0 spiro atoms. The van der Waals surface area contributed by atoms with Gasteiger partial charge >= 0.3 is 21.1 Å². The molecule has 0 heterocycles. The Hall–Kier alpha value is -1.24. The van der Waals surface area contributed by atoms with Crippen LogP contribution in [0.5, 0.6) is 0 Å². The van der Waals surface area contributed by atoms with Crippen LogP contribution < -0.4 is 0 Å². The van der Waals surface area contributed by atoms with Crippen molar-refractivity contribution in [3.8, 4) is 0 Å². The third-order valence-electron chi connectivity index (χ3n) is 3.99. The Bertz CT molecular complexity index is 552. The molecule has 1 aliphatic rings. The van der Waals surface area contributed by atoms with Gasteiger partial charge in [0, 0.05) is 0 Å². The Balaban J connectivity index is 2.97. The van der Waals surface area contributed by atoms with Gasteiger partial charge < -0.3 is 10.3 Å². The van der Waals surface area contributed by atoms with Gasteiger partial charge in [0.25, 0.3) is 0 Å². The van der Waals surface area contributed by atoms with E-state index in [1.54, 1.807) is 0 Å². The molecule has 7 nitrogen and oxygen atoms in total. The van der Waals surface area contributed by atoms with Gasteiger partial charge in [-0.1, -0.05) is 27.2 Å². The molecule has 0 aliphatic heterocycles. The molecule has 0 bridgehead atoms. The fourth-order valence-electron chi connectivity index (χ4n) is 2.82. The second kappa shape index (κ2) is 7.85. The van der Waals surface area contributed by atoms with Gasteiger partial charge in [0.15, 0.2) is 0 Å². The van der Waals surface area contributed by atoms with Crippen LogP contribution >= 0.6 is 0 Å². The third-order valence-corrected chi connectivity index (χ3v) is 5.21. The van der Waals surface area contributed by atoms with Gasteiger partial charge in [-0.05, 0) is 37.5 Å². The van der Waals surface area contributed by atoms with Crippen molar-refractivity contribution in [2.45, 2.75) is 53.1 Å². The Morgan fingerprint density at radius 2 is 2.00 bits per heavy atom. The van der Waals surface area contributed by atoms with E-state index in [0.29, 0.717) is 12.3 Å². The summed E-state index contributed by atoms with van der Waals surface area (Å²) in [6.07, 6.45) is 1.94. The predicted octanol–water partition coefficient (Wildman–Crippen LogP) is 1.98. The van der Waals surface area contributed by atoms with Crippen LogP contribution in [0.3, 0.4) is 0 Å². The molecule has 1 saturated carbocycles. The van der Waals surface area contributed by atoms with Crippen LogP contribution in [0.4, 0.5) is 0 Å². The molecule has 22 heavy (non-hydrogen) atoms. The van der Waals surface area contributed by atoms with Crippen LogP contribution in [0.15, 0.2) is 0 Å². The highest BCUT2D eigenvalue weighted by Crippen LogP contribution is 2.36. The van der Waals surface area contributed by atoms with Gasteiger partial charge in [0.1, 0.15) is 0 Å². The maximum atomic E-state index is 12.2. The van der Waals surface area contributed by atoms with E-state index < -0.39 is 27.2 Å². The third kappa shape index (κ3) is 4.63. The molecular formula is C14H24N2O5S. The summed E-state index contributed by atoms with van der Waals surface area (Å²) in [5.41, 5.74) is 8.84. The first kappa shape index (κ1) is 18.8. The average Bonchev–Trinajstić information content (AvgIpc) is 2.38. The number of esters is 1. The van der Waals surface area contributed by atoms with Crippen molar-refractivity contribution in [1.82, 2.24) is 0 Å². The highest BCUT2D eigenvalue weighted by Gasteiger charge is 2.43. The number of nitrogens with zero attached hydrogens (tertiary/aromatic N) is 2. The van der Waals surface area contributed by atoms with Crippen LogP contribution in [-0.4, -0.2) is 36.9 Å². The average molecular weight is 332 g/mol. The van der Waals surface area contributed by atoms with E-state index >= 15 is 0 Å². The van der Waals surface area contributed by atoms with E-state index in [2.05, 4.69) is 9.53 Å². The lowest BCUT2D eigenvalue weighted by atomic mass is 9.75. The first-order valence-electron chi connectivity index (χ1n) is 7.55. The topological polar surface area (TPSA) is 106 Å². The molecule has 0 aromatic rings. The molecule has 0 N–H and O–H groups in total. The van der Waals surface area contributed by atoms with Crippen molar-refractivity contribution in [2.24, 2.45) is 17.8 Å². The summed E-state index contributed by atoms with van der Waals surface area (Å²) >= 11 is 0. The first-order valence-corrected chi connectivity index (χ1v) is 8.96. The van der Waals surface area contributed by atoms with Crippen molar-refractivity contribution < 1.29 is 26.9 Å². The maximum absolute atomic E-state index is 12.2. The molecule has 1 fully saturated rings. The number of carbonyl (C=O) groups excluding carboxylic acids is 1. The Kier molecular flexibility index (Phi) is 6.71. The van der Waals surface area contributed by atoms with Crippen LogP contribution in [0, 0.1) is 17.8 Å². The van der Waals surface area contributed by atoms with E-state index in [0.717, 1.165) is 12.8 Å². The minimum absolute atomic E-state index is 0.0253. The zero-order chi connectivity index (χ0) is 16.9. The molecule has 0 radical (unpaired) electrons. The van der Waals surface area contributed by atoms with Crippen molar-refractivity contribution >= 4 is 21.1 Å². The number of hydrogen-bond donors (Lipinski definition) is 0. The second-order valence-corrected chi connectivity index (χ2v) is 7.53. The number of hydrogen-bond acceptors (Lipinski definition) is 5. The van der Waals surface area contributed by atoms with Crippen LogP contribution in [0.1, 0.15) is 47.0 Å². The minimum atomic E-state index is -4.46. The lowest BCUT2D eigenvalue weighted by Crippen LogP contribution is -2.39. The number of ether oxygens (including phenoxy) is 1. The SMILES string of the molecule is CCOC(=O)C(=[N+]=[N-])S(=O)(=O)O[C@@H]1C[C@H](C)CC[C@H]1C(C)C. The highest BCUT2D eigenvalue weighted by atomic mass is 32.2. The van der Waals surface area contributed by atoms with E-state index in [4.69, 9.17) is 9.71 Å². The zero-order valence-corrected chi connectivity index (χ0v) is 14.3. The van der Waals surface area contributed by atoms with Crippen LogP contribution in [0.25, 0.3) is 5.53 Å². The Labute approximate surface area is 131 Å².